The maximum absolute atomic E-state index is 5.15. The standard InChI is InChI=1S/C9H16N2S/c1-11(8-2-3-8)6-7-4-9(12)5-10-7/h7-8,10H,2-6H2,1H3. The van der Waals surface area contributed by atoms with E-state index in [9.17, 15) is 0 Å². The van der Waals surface area contributed by atoms with Crippen LogP contribution < -0.4 is 5.32 Å². The van der Waals surface area contributed by atoms with Crippen LogP contribution in [0.3, 0.4) is 0 Å². The second-order valence-electron chi connectivity index (χ2n) is 3.99. The van der Waals surface area contributed by atoms with Crippen LogP contribution in [0.4, 0.5) is 0 Å². The molecule has 1 aliphatic carbocycles. The van der Waals surface area contributed by atoms with Crippen LogP contribution in [-0.4, -0.2) is 42.0 Å². The van der Waals surface area contributed by atoms with Crippen molar-refractivity contribution in [2.75, 3.05) is 20.1 Å². The van der Waals surface area contributed by atoms with Gasteiger partial charge in [-0.25, -0.2) is 0 Å². The molecule has 0 bridgehead atoms. The Kier molecular flexibility index (Phi) is 2.44. The van der Waals surface area contributed by atoms with E-state index in [0.29, 0.717) is 6.04 Å². The van der Waals surface area contributed by atoms with Gasteiger partial charge < -0.3 is 10.2 Å². The second-order valence-corrected chi connectivity index (χ2v) is 4.57. The fourth-order valence-electron chi connectivity index (χ4n) is 1.82. The molecule has 2 aliphatic rings. The van der Waals surface area contributed by atoms with E-state index in [2.05, 4.69) is 17.3 Å². The normalized spacial score (nSPS) is 30.2. The van der Waals surface area contributed by atoms with Crippen molar-refractivity contribution in [3.63, 3.8) is 0 Å². The van der Waals surface area contributed by atoms with Crippen molar-refractivity contribution in [1.82, 2.24) is 10.2 Å². The molecule has 1 atom stereocenters. The van der Waals surface area contributed by atoms with Crippen LogP contribution in [0.2, 0.25) is 0 Å². The van der Waals surface area contributed by atoms with Gasteiger partial charge >= 0.3 is 0 Å². The van der Waals surface area contributed by atoms with Gasteiger partial charge in [-0.3, -0.25) is 0 Å². The second kappa shape index (κ2) is 3.40. The molecule has 2 nitrogen and oxygen atoms in total. The zero-order valence-electron chi connectivity index (χ0n) is 7.55. The van der Waals surface area contributed by atoms with Crippen LogP contribution in [0.25, 0.3) is 0 Å². The lowest BCUT2D eigenvalue weighted by atomic mass is 10.2. The Bertz CT molecular complexity index is 189. The highest BCUT2D eigenvalue weighted by molar-refractivity contribution is 7.80. The predicted octanol–water partition coefficient (Wildman–Crippen LogP) is 0.812. The summed E-state index contributed by atoms with van der Waals surface area (Å²) in [7, 11) is 2.22. The van der Waals surface area contributed by atoms with E-state index in [4.69, 9.17) is 12.2 Å². The van der Waals surface area contributed by atoms with Crippen molar-refractivity contribution >= 4 is 17.1 Å². The molecular weight excluding hydrogens is 168 g/mol. The number of rotatable bonds is 3. The van der Waals surface area contributed by atoms with Gasteiger partial charge in [0.05, 0.1) is 0 Å². The molecule has 1 N–H and O–H groups in total. The summed E-state index contributed by atoms with van der Waals surface area (Å²) < 4.78 is 0. The average Bonchev–Trinajstić information content (AvgIpc) is 2.78. The summed E-state index contributed by atoms with van der Waals surface area (Å²) in [5, 5.41) is 3.44. The van der Waals surface area contributed by atoms with Gasteiger partial charge in [0, 0.05) is 30.0 Å². The molecule has 1 heterocycles. The number of nitrogens with zero attached hydrogens (tertiary/aromatic N) is 1. The first-order valence-corrected chi connectivity index (χ1v) is 5.12. The molecule has 0 aromatic rings. The zero-order chi connectivity index (χ0) is 8.55. The SMILES string of the molecule is CN(CC1CC(=S)CN1)C1CC1. The highest BCUT2D eigenvalue weighted by Crippen LogP contribution is 2.25. The summed E-state index contributed by atoms with van der Waals surface area (Å²) in [5.74, 6) is 0. The minimum Gasteiger partial charge on any atom is -0.308 e. The molecule has 0 radical (unpaired) electrons. The summed E-state index contributed by atoms with van der Waals surface area (Å²) in [6.45, 7) is 2.13. The van der Waals surface area contributed by atoms with E-state index in [1.807, 2.05) is 0 Å². The minimum atomic E-state index is 0.628. The third-order valence-electron chi connectivity index (χ3n) is 2.74. The number of likely N-dealkylation sites (N-methyl/N-ethyl adjacent to an activating group) is 1. The van der Waals surface area contributed by atoms with Gasteiger partial charge in [-0.2, -0.15) is 0 Å². The Morgan fingerprint density at radius 1 is 1.58 bits per heavy atom. The molecular formula is C9H16N2S. The quantitative estimate of drug-likeness (QED) is 0.654. The minimum absolute atomic E-state index is 0.628. The summed E-state index contributed by atoms with van der Waals surface area (Å²) in [4.78, 5) is 3.66. The van der Waals surface area contributed by atoms with Gasteiger partial charge in [-0.15, -0.1) is 0 Å². The molecule has 2 rings (SSSR count). The maximum atomic E-state index is 5.15. The molecule has 0 amide bonds. The van der Waals surface area contributed by atoms with Crippen molar-refractivity contribution in [3.05, 3.63) is 0 Å². The van der Waals surface area contributed by atoms with Gasteiger partial charge in [0.25, 0.3) is 0 Å². The van der Waals surface area contributed by atoms with Crippen molar-refractivity contribution in [3.8, 4) is 0 Å². The maximum Gasteiger partial charge on any atom is 0.0273 e. The van der Waals surface area contributed by atoms with E-state index in [1.54, 1.807) is 0 Å². The number of hydrogen-bond acceptors (Lipinski definition) is 3. The molecule has 0 spiro atoms. The Labute approximate surface area is 79.3 Å². The van der Waals surface area contributed by atoms with E-state index in [0.717, 1.165) is 19.0 Å². The largest absolute Gasteiger partial charge is 0.308 e. The van der Waals surface area contributed by atoms with Crippen LogP contribution in [0, 0.1) is 0 Å². The lowest BCUT2D eigenvalue weighted by Gasteiger charge is -2.19. The highest BCUT2D eigenvalue weighted by Gasteiger charge is 2.29. The topological polar surface area (TPSA) is 15.3 Å². The van der Waals surface area contributed by atoms with Crippen LogP contribution in [0.15, 0.2) is 0 Å². The number of nitrogens with one attached hydrogen (secondary N) is 1. The summed E-state index contributed by atoms with van der Waals surface area (Å²) in [5.41, 5.74) is 0. The van der Waals surface area contributed by atoms with Crippen molar-refractivity contribution in [2.24, 2.45) is 0 Å². The summed E-state index contributed by atoms with van der Waals surface area (Å²) in [6.07, 6.45) is 3.90. The first-order valence-electron chi connectivity index (χ1n) is 4.71. The van der Waals surface area contributed by atoms with Crippen LogP contribution in [0.1, 0.15) is 19.3 Å². The van der Waals surface area contributed by atoms with Gasteiger partial charge in [-0.05, 0) is 26.3 Å². The molecule has 0 aromatic heterocycles. The molecule has 2 fully saturated rings. The zero-order valence-corrected chi connectivity index (χ0v) is 8.36. The third-order valence-corrected chi connectivity index (χ3v) is 3.05. The monoisotopic (exact) mass is 184 g/mol. The molecule has 0 aromatic carbocycles. The van der Waals surface area contributed by atoms with Gasteiger partial charge in [0.2, 0.25) is 0 Å². The lowest BCUT2D eigenvalue weighted by Crippen LogP contribution is -2.36. The van der Waals surface area contributed by atoms with Crippen molar-refractivity contribution in [1.29, 1.82) is 0 Å². The van der Waals surface area contributed by atoms with E-state index in [-0.39, 0.29) is 0 Å². The first kappa shape index (κ1) is 8.60. The molecule has 1 saturated heterocycles. The van der Waals surface area contributed by atoms with E-state index in [1.165, 1.54) is 24.3 Å². The van der Waals surface area contributed by atoms with E-state index < -0.39 is 0 Å². The molecule has 68 valence electrons. The van der Waals surface area contributed by atoms with Crippen LogP contribution in [0.5, 0.6) is 0 Å². The van der Waals surface area contributed by atoms with Crippen molar-refractivity contribution in [2.45, 2.75) is 31.3 Å². The fourth-order valence-corrected chi connectivity index (χ4v) is 2.10. The van der Waals surface area contributed by atoms with E-state index >= 15 is 0 Å². The first-order chi connectivity index (χ1) is 5.75. The highest BCUT2D eigenvalue weighted by atomic mass is 32.1. The van der Waals surface area contributed by atoms with Crippen LogP contribution in [-0.2, 0) is 0 Å². The average molecular weight is 184 g/mol. The fraction of sp³-hybridized carbons (Fsp3) is 0.889. The Balaban J connectivity index is 1.75. The summed E-state index contributed by atoms with van der Waals surface area (Å²) in [6, 6.07) is 1.50. The third kappa shape index (κ3) is 2.03. The Hall–Kier alpha value is 0.01000. The number of thiocarbonyl (C=S) groups is 1. The van der Waals surface area contributed by atoms with Gasteiger partial charge in [0.1, 0.15) is 0 Å². The smallest absolute Gasteiger partial charge is 0.0273 e. The predicted molar refractivity (Wildman–Crippen MR) is 54.7 cm³/mol. The van der Waals surface area contributed by atoms with Gasteiger partial charge in [-0.1, -0.05) is 12.2 Å². The molecule has 1 saturated carbocycles. The van der Waals surface area contributed by atoms with Crippen molar-refractivity contribution < 1.29 is 0 Å². The van der Waals surface area contributed by atoms with Crippen LogP contribution >= 0.6 is 12.2 Å². The molecule has 12 heavy (non-hydrogen) atoms. The Morgan fingerprint density at radius 2 is 2.33 bits per heavy atom. The van der Waals surface area contributed by atoms with Gasteiger partial charge in [0.15, 0.2) is 0 Å². The summed E-state index contributed by atoms with van der Waals surface area (Å²) >= 11 is 5.15. The molecule has 1 unspecified atom stereocenters. The molecule has 3 heteroatoms. The lowest BCUT2D eigenvalue weighted by molar-refractivity contribution is 0.293. The Morgan fingerprint density at radius 3 is 2.83 bits per heavy atom. The molecule has 1 aliphatic heterocycles. The number of hydrogen-bond donors (Lipinski definition) is 1.